The number of hydrogen-bond acceptors (Lipinski definition) is 6. The van der Waals surface area contributed by atoms with Gasteiger partial charge in [0.05, 0.1) is 10.6 Å². The fourth-order valence-electron chi connectivity index (χ4n) is 3.55. The molecule has 1 atom stereocenters. The zero-order valence-corrected chi connectivity index (χ0v) is 18.8. The minimum absolute atomic E-state index is 0.0752. The Bertz CT molecular complexity index is 1220. The lowest BCUT2D eigenvalue weighted by Gasteiger charge is -2.21. The number of carbonyl (C=O) groups is 1. The summed E-state index contributed by atoms with van der Waals surface area (Å²) in [6.07, 6.45) is 0.848. The molecule has 0 amide bonds. The predicted molar refractivity (Wildman–Crippen MR) is 117 cm³/mol. The first-order valence-electron chi connectivity index (χ1n) is 9.95. The molecule has 10 heteroatoms. The number of aliphatic carboxylic acids is 1. The number of hydrogen-bond donors (Lipinski definition) is 1. The summed E-state index contributed by atoms with van der Waals surface area (Å²) in [6, 6.07) is 11.3. The van der Waals surface area contributed by atoms with Crippen molar-refractivity contribution in [1.29, 1.82) is 0 Å². The van der Waals surface area contributed by atoms with Crippen LogP contribution in [0.1, 0.15) is 24.3 Å². The number of aryl methyl sites for hydroxylation is 1. The molecular weight excluding hydrogens is 455 g/mol. The maximum atomic E-state index is 13.1. The summed E-state index contributed by atoms with van der Waals surface area (Å²) in [5.74, 6) is 0.126. The Morgan fingerprint density at radius 2 is 1.91 bits per heavy atom. The van der Waals surface area contributed by atoms with E-state index < -0.39 is 22.0 Å². The van der Waals surface area contributed by atoms with Gasteiger partial charge in [-0.2, -0.15) is 4.31 Å². The van der Waals surface area contributed by atoms with Crippen molar-refractivity contribution in [2.24, 2.45) is 0 Å². The Labute approximate surface area is 189 Å². The summed E-state index contributed by atoms with van der Waals surface area (Å²) in [4.78, 5) is 16.8. The van der Waals surface area contributed by atoms with E-state index in [1.54, 1.807) is 31.2 Å². The Balaban J connectivity index is 1.45. The number of benzene rings is 2. The van der Waals surface area contributed by atoms with Crippen molar-refractivity contribution < 1.29 is 27.1 Å². The third-order valence-corrected chi connectivity index (χ3v) is 8.22. The van der Waals surface area contributed by atoms with E-state index >= 15 is 0 Å². The van der Waals surface area contributed by atoms with Crippen LogP contribution in [0.2, 0.25) is 0 Å². The molecule has 7 nitrogen and oxygen atoms in total. The molecule has 0 saturated carbocycles. The lowest BCUT2D eigenvalue weighted by atomic mass is 10.2. The molecule has 1 aliphatic rings. The lowest BCUT2D eigenvalue weighted by Crippen LogP contribution is -2.40. The molecule has 32 heavy (non-hydrogen) atoms. The largest absolute Gasteiger partial charge is 0.480 e. The van der Waals surface area contributed by atoms with Crippen LogP contribution in [0.3, 0.4) is 0 Å². The van der Waals surface area contributed by atoms with Gasteiger partial charge in [-0.1, -0.05) is 0 Å². The minimum atomic E-state index is -3.86. The van der Waals surface area contributed by atoms with Gasteiger partial charge in [-0.05, 0) is 68.3 Å². The van der Waals surface area contributed by atoms with Crippen LogP contribution in [-0.4, -0.2) is 41.4 Å². The number of rotatable bonds is 7. The number of oxazole rings is 1. The molecular formula is C22H21FN2O5S2. The Kier molecular flexibility index (Phi) is 6.36. The Morgan fingerprint density at radius 3 is 2.56 bits per heavy atom. The van der Waals surface area contributed by atoms with Crippen LogP contribution >= 0.6 is 11.8 Å². The van der Waals surface area contributed by atoms with Gasteiger partial charge in [0.15, 0.2) is 0 Å². The molecule has 1 unspecified atom stereocenters. The molecule has 3 aromatic rings. The van der Waals surface area contributed by atoms with Crippen LogP contribution in [0, 0.1) is 12.7 Å². The summed E-state index contributed by atoms with van der Waals surface area (Å²) in [6.45, 7) is 2.01. The summed E-state index contributed by atoms with van der Waals surface area (Å²) in [7, 11) is -3.86. The predicted octanol–water partition coefficient (Wildman–Crippen LogP) is 4.32. The zero-order valence-electron chi connectivity index (χ0n) is 17.2. The van der Waals surface area contributed by atoms with Crippen molar-refractivity contribution in [2.75, 3.05) is 6.54 Å². The summed E-state index contributed by atoms with van der Waals surface area (Å²) in [5.41, 5.74) is 1.43. The van der Waals surface area contributed by atoms with E-state index in [0.717, 1.165) is 14.9 Å². The normalized spacial score (nSPS) is 17.0. The van der Waals surface area contributed by atoms with E-state index in [1.165, 1.54) is 36.0 Å². The fraction of sp³-hybridized carbons (Fsp3) is 0.273. The molecule has 1 aliphatic heterocycles. The molecule has 0 bridgehead atoms. The standard InChI is InChI=1S/C22H21FN2O5S2/c1-14-19(24-21(30-14)15-4-6-16(23)7-5-15)13-31-17-8-10-18(11-9-17)32(28,29)25-12-2-3-20(25)22(26)27/h4-11,20H,2-3,12-13H2,1H3,(H,26,27). The van der Waals surface area contributed by atoms with E-state index in [1.807, 2.05) is 0 Å². The van der Waals surface area contributed by atoms with Crippen molar-refractivity contribution in [3.05, 3.63) is 65.8 Å². The highest BCUT2D eigenvalue weighted by molar-refractivity contribution is 7.98. The average Bonchev–Trinajstić information content (AvgIpc) is 3.41. The second-order valence-electron chi connectivity index (χ2n) is 7.40. The van der Waals surface area contributed by atoms with Crippen LogP contribution in [-0.2, 0) is 20.6 Å². The van der Waals surface area contributed by atoms with Crippen LogP contribution in [0.15, 0.2) is 62.7 Å². The first-order chi connectivity index (χ1) is 15.3. The van der Waals surface area contributed by atoms with Gasteiger partial charge in [-0.25, -0.2) is 17.8 Å². The maximum absolute atomic E-state index is 13.1. The topological polar surface area (TPSA) is 101 Å². The van der Waals surface area contributed by atoms with Crippen molar-refractivity contribution in [1.82, 2.24) is 9.29 Å². The molecule has 1 fully saturated rings. The van der Waals surface area contributed by atoms with E-state index in [4.69, 9.17) is 4.42 Å². The van der Waals surface area contributed by atoms with Gasteiger partial charge >= 0.3 is 5.97 Å². The number of carboxylic acids is 1. The average molecular weight is 477 g/mol. The van der Waals surface area contributed by atoms with E-state index in [0.29, 0.717) is 35.8 Å². The quantitative estimate of drug-likeness (QED) is 0.507. The van der Waals surface area contributed by atoms with Gasteiger partial charge in [0, 0.05) is 22.8 Å². The van der Waals surface area contributed by atoms with Gasteiger partial charge in [0.1, 0.15) is 17.6 Å². The highest BCUT2D eigenvalue weighted by Crippen LogP contribution is 2.30. The van der Waals surface area contributed by atoms with Gasteiger partial charge in [0.25, 0.3) is 0 Å². The first kappa shape index (κ1) is 22.5. The number of sulfonamides is 1. The number of halogens is 1. The second-order valence-corrected chi connectivity index (χ2v) is 10.3. The lowest BCUT2D eigenvalue weighted by molar-refractivity contribution is -0.140. The highest BCUT2D eigenvalue weighted by Gasteiger charge is 2.39. The molecule has 1 saturated heterocycles. The monoisotopic (exact) mass is 476 g/mol. The number of carboxylic acid groups (broad SMARTS) is 1. The van der Waals surface area contributed by atoms with Crippen LogP contribution in [0.5, 0.6) is 0 Å². The van der Waals surface area contributed by atoms with Crippen molar-refractivity contribution >= 4 is 27.8 Å². The van der Waals surface area contributed by atoms with Crippen LogP contribution < -0.4 is 0 Å². The summed E-state index contributed by atoms with van der Waals surface area (Å²) in [5, 5.41) is 9.29. The molecule has 0 radical (unpaired) electrons. The molecule has 0 spiro atoms. The van der Waals surface area contributed by atoms with Gasteiger partial charge in [0.2, 0.25) is 15.9 Å². The van der Waals surface area contributed by atoms with E-state index in [2.05, 4.69) is 4.98 Å². The van der Waals surface area contributed by atoms with Gasteiger partial charge in [-0.15, -0.1) is 11.8 Å². The Morgan fingerprint density at radius 1 is 1.22 bits per heavy atom. The number of thioether (sulfide) groups is 1. The van der Waals surface area contributed by atoms with E-state index in [-0.39, 0.29) is 17.3 Å². The second kappa shape index (κ2) is 9.05. The fourth-order valence-corrected chi connectivity index (χ4v) is 6.10. The molecule has 4 rings (SSSR count). The smallest absolute Gasteiger partial charge is 0.322 e. The minimum Gasteiger partial charge on any atom is -0.480 e. The molecule has 168 valence electrons. The Hall–Kier alpha value is -2.69. The van der Waals surface area contributed by atoms with Crippen LogP contribution in [0.25, 0.3) is 11.5 Å². The summed E-state index contributed by atoms with van der Waals surface area (Å²) >= 11 is 1.47. The highest BCUT2D eigenvalue weighted by atomic mass is 32.2. The maximum Gasteiger partial charge on any atom is 0.322 e. The molecule has 1 aromatic heterocycles. The SMILES string of the molecule is Cc1oc(-c2ccc(F)cc2)nc1CSc1ccc(S(=O)(=O)N2CCCC2C(=O)O)cc1. The van der Waals surface area contributed by atoms with Crippen molar-refractivity contribution in [3.63, 3.8) is 0 Å². The van der Waals surface area contributed by atoms with Gasteiger partial charge in [-0.3, -0.25) is 4.79 Å². The van der Waals surface area contributed by atoms with Gasteiger partial charge < -0.3 is 9.52 Å². The zero-order chi connectivity index (χ0) is 22.9. The van der Waals surface area contributed by atoms with E-state index in [9.17, 15) is 22.7 Å². The number of nitrogens with zero attached hydrogens (tertiary/aromatic N) is 2. The third kappa shape index (κ3) is 4.57. The molecule has 0 aliphatic carbocycles. The van der Waals surface area contributed by atoms with Crippen molar-refractivity contribution in [2.45, 2.75) is 41.4 Å². The van der Waals surface area contributed by atoms with Crippen molar-refractivity contribution in [3.8, 4) is 11.5 Å². The molecule has 1 N–H and O–H groups in total. The third-order valence-electron chi connectivity index (χ3n) is 5.28. The molecule has 2 heterocycles. The summed E-state index contributed by atoms with van der Waals surface area (Å²) < 4.78 is 45.6. The van der Waals surface area contributed by atoms with Crippen LogP contribution in [0.4, 0.5) is 4.39 Å². The number of aromatic nitrogens is 1. The first-order valence-corrected chi connectivity index (χ1v) is 12.4. The molecule has 2 aromatic carbocycles.